The van der Waals surface area contributed by atoms with Gasteiger partial charge in [-0.25, -0.2) is 0 Å². The minimum Gasteiger partial charge on any atom is -0.493 e. The Morgan fingerprint density at radius 2 is 2.00 bits per heavy atom. The first kappa shape index (κ1) is 13.8. The van der Waals surface area contributed by atoms with Crippen LogP contribution >= 0.6 is 23.4 Å². The highest BCUT2D eigenvalue weighted by Crippen LogP contribution is 2.26. The van der Waals surface area contributed by atoms with E-state index in [1.54, 1.807) is 23.9 Å². The Bertz CT molecular complexity index is 595. The van der Waals surface area contributed by atoms with Crippen LogP contribution in [0.25, 0.3) is 0 Å². The summed E-state index contributed by atoms with van der Waals surface area (Å²) in [4.78, 5) is 1.05. The van der Waals surface area contributed by atoms with Crippen molar-refractivity contribution in [2.45, 2.75) is 4.90 Å². The van der Waals surface area contributed by atoms with E-state index < -0.39 is 0 Å². The Balaban J connectivity index is 1.81. The van der Waals surface area contributed by atoms with Crippen LogP contribution in [0, 0.1) is 11.3 Å². The van der Waals surface area contributed by atoms with Gasteiger partial charge in [-0.05, 0) is 30.3 Å². The van der Waals surface area contributed by atoms with Crippen molar-refractivity contribution < 1.29 is 4.74 Å². The molecule has 19 heavy (non-hydrogen) atoms. The smallest absolute Gasteiger partial charge is 0.120 e. The molecule has 0 fully saturated rings. The van der Waals surface area contributed by atoms with Gasteiger partial charge in [0.15, 0.2) is 0 Å². The van der Waals surface area contributed by atoms with Gasteiger partial charge < -0.3 is 4.74 Å². The lowest BCUT2D eigenvalue weighted by atomic mass is 10.2. The number of hydrogen-bond donors (Lipinski definition) is 0. The number of thioether (sulfide) groups is 1. The van der Waals surface area contributed by atoms with Gasteiger partial charge in [-0.2, -0.15) is 5.26 Å². The second-order valence-corrected chi connectivity index (χ2v) is 5.31. The number of benzene rings is 2. The van der Waals surface area contributed by atoms with Crippen LogP contribution in [0.2, 0.25) is 5.02 Å². The van der Waals surface area contributed by atoms with Gasteiger partial charge in [0, 0.05) is 10.6 Å². The van der Waals surface area contributed by atoms with Gasteiger partial charge in [0.1, 0.15) is 5.75 Å². The Hall–Kier alpha value is -1.63. The molecule has 0 amide bonds. The molecule has 96 valence electrons. The van der Waals surface area contributed by atoms with E-state index in [1.807, 2.05) is 36.4 Å². The maximum atomic E-state index is 8.79. The van der Waals surface area contributed by atoms with Crippen LogP contribution in [0.15, 0.2) is 53.4 Å². The Morgan fingerprint density at radius 1 is 1.16 bits per heavy atom. The third kappa shape index (κ3) is 4.20. The molecule has 2 aromatic rings. The highest BCUT2D eigenvalue weighted by atomic mass is 35.5. The average Bonchev–Trinajstić information content (AvgIpc) is 2.45. The number of nitriles is 1. The molecule has 2 nitrogen and oxygen atoms in total. The summed E-state index contributed by atoms with van der Waals surface area (Å²) in [6.45, 7) is 0.574. The number of halogens is 1. The molecule has 0 aromatic heterocycles. The fourth-order valence-corrected chi connectivity index (χ4v) is 2.60. The first-order valence-corrected chi connectivity index (χ1v) is 7.16. The van der Waals surface area contributed by atoms with Crippen LogP contribution in [0.1, 0.15) is 5.56 Å². The third-order valence-corrected chi connectivity index (χ3v) is 3.89. The molecule has 0 aliphatic rings. The van der Waals surface area contributed by atoms with Crippen LogP contribution in [0.5, 0.6) is 5.75 Å². The Labute approximate surface area is 122 Å². The normalized spacial score (nSPS) is 9.89. The summed E-state index contributed by atoms with van der Waals surface area (Å²) in [5.74, 6) is 1.53. The maximum Gasteiger partial charge on any atom is 0.120 e. The summed E-state index contributed by atoms with van der Waals surface area (Å²) in [6.07, 6.45) is 0. The second-order valence-electron chi connectivity index (χ2n) is 3.77. The van der Waals surface area contributed by atoms with E-state index in [0.29, 0.717) is 12.2 Å². The lowest BCUT2D eigenvalue weighted by Crippen LogP contribution is -2.00. The lowest BCUT2D eigenvalue weighted by Gasteiger charge is -2.07. The van der Waals surface area contributed by atoms with E-state index in [4.69, 9.17) is 21.6 Å². The van der Waals surface area contributed by atoms with E-state index in [-0.39, 0.29) is 0 Å². The van der Waals surface area contributed by atoms with Crippen molar-refractivity contribution in [3.63, 3.8) is 0 Å². The summed E-state index contributed by atoms with van der Waals surface area (Å²) < 4.78 is 5.60. The fraction of sp³-hybridized carbons (Fsp3) is 0.133. The predicted molar refractivity (Wildman–Crippen MR) is 78.8 cm³/mol. The lowest BCUT2D eigenvalue weighted by molar-refractivity contribution is 0.344. The molecule has 0 bridgehead atoms. The highest BCUT2D eigenvalue weighted by Gasteiger charge is 2.00. The standard InChI is InChI=1S/C15H12ClNOS/c16-14-6-1-2-7-15(14)19-9-8-18-13-5-3-4-12(10-13)11-17/h1-7,10H,8-9H2. The molecule has 0 radical (unpaired) electrons. The molecular weight excluding hydrogens is 278 g/mol. The molecule has 0 aliphatic heterocycles. The monoisotopic (exact) mass is 289 g/mol. The van der Waals surface area contributed by atoms with Gasteiger partial charge in [-0.15, -0.1) is 11.8 Å². The summed E-state index contributed by atoms with van der Waals surface area (Å²) in [5.41, 5.74) is 0.608. The first-order chi connectivity index (χ1) is 9.29. The molecule has 0 saturated carbocycles. The molecule has 4 heteroatoms. The maximum absolute atomic E-state index is 8.79. The van der Waals surface area contributed by atoms with Gasteiger partial charge in [-0.1, -0.05) is 29.8 Å². The van der Waals surface area contributed by atoms with E-state index in [2.05, 4.69) is 6.07 Å². The van der Waals surface area contributed by atoms with E-state index >= 15 is 0 Å². The van der Waals surface area contributed by atoms with Crippen molar-refractivity contribution in [1.29, 1.82) is 5.26 Å². The first-order valence-electron chi connectivity index (χ1n) is 5.80. The molecule has 0 heterocycles. The van der Waals surface area contributed by atoms with Crippen molar-refractivity contribution in [3.8, 4) is 11.8 Å². The molecule has 0 unspecified atom stereocenters. The molecule has 2 aromatic carbocycles. The molecule has 0 atom stereocenters. The predicted octanol–water partition coefficient (Wildman–Crippen LogP) is 4.38. The summed E-state index contributed by atoms with van der Waals surface area (Å²) in [5, 5.41) is 9.55. The molecule has 0 aliphatic carbocycles. The summed E-state index contributed by atoms with van der Waals surface area (Å²) in [6, 6.07) is 17.0. The van der Waals surface area contributed by atoms with E-state index in [0.717, 1.165) is 21.4 Å². The molecule has 0 spiro atoms. The number of rotatable bonds is 5. The quantitative estimate of drug-likeness (QED) is 0.605. The minimum absolute atomic E-state index is 0.574. The van der Waals surface area contributed by atoms with E-state index in [1.165, 1.54) is 0 Å². The van der Waals surface area contributed by atoms with Crippen molar-refractivity contribution in [3.05, 3.63) is 59.1 Å². The zero-order valence-electron chi connectivity index (χ0n) is 10.2. The number of ether oxygens (including phenoxy) is 1. The van der Waals surface area contributed by atoms with Crippen LogP contribution in [-0.4, -0.2) is 12.4 Å². The highest BCUT2D eigenvalue weighted by molar-refractivity contribution is 7.99. The van der Waals surface area contributed by atoms with Crippen LogP contribution < -0.4 is 4.74 Å². The minimum atomic E-state index is 0.574. The SMILES string of the molecule is N#Cc1cccc(OCCSc2ccccc2Cl)c1. The summed E-state index contributed by atoms with van der Waals surface area (Å²) in [7, 11) is 0. The average molecular weight is 290 g/mol. The van der Waals surface area contributed by atoms with Gasteiger partial charge in [0.2, 0.25) is 0 Å². The van der Waals surface area contributed by atoms with Gasteiger partial charge in [-0.3, -0.25) is 0 Å². The topological polar surface area (TPSA) is 33.0 Å². The van der Waals surface area contributed by atoms with Crippen molar-refractivity contribution in [2.24, 2.45) is 0 Å². The Morgan fingerprint density at radius 3 is 2.79 bits per heavy atom. The largest absolute Gasteiger partial charge is 0.493 e. The molecular formula is C15H12ClNOS. The second kappa shape index (κ2) is 7.08. The van der Waals surface area contributed by atoms with E-state index in [9.17, 15) is 0 Å². The zero-order valence-corrected chi connectivity index (χ0v) is 11.7. The fourth-order valence-electron chi connectivity index (χ4n) is 1.53. The van der Waals surface area contributed by atoms with Crippen molar-refractivity contribution in [1.82, 2.24) is 0 Å². The number of nitrogens with zero attached hydrogens (tertiary/aromatic N) is 1. The van der Waals surface area contributed by atoms with Crippen LogP contribution in [0.4, 0.5) is 0 Å². The summed E-state index contributed by atoms with van der Waals surface area (Å²) >= 11 is 7.72. The Kier molecular flexibility index (Phi) is 5.14. The van der Waals surface area contributed by atoms with Gasteiger partial charge >= 0.3 is 0 Å². The van der Waals surface area contributed by atoms with Crippen LogP contribution in [-0.2, 0) is 0 Å². The molecule has 2 rings (SSSR count). The third-order valence-electron chi connectivity index (χ3n) is 2.41. The van der Waals surface area contributed by atoms with Crippen molar-refractivity contribution in [2.75, 3.05) is 12.4 Å². The van der Waals surface area contributed by atoms with Gasteiger partial charge in [0.25, 0.3) is 0 Å². The molecule has 0 N–H and O–H groups in total. The van der Waals surface area contributed by atoms with Gasteiger partial charge in [0.05, 0.1) is 23.3 Å². The number of hydrogen-bond acceptors (Lipinski definition) is 3. The molecule has 0 saturated heterocycles. The van der Waals surface area contributed by atoms with Crippen molar-refractivity contribution >= 4 is 23.4 Å². The zero-order chi connectivity index (χ0) is 13.5. The van der Waals surface area contributed by atoms with Crippen LogP contribution in [0.3, 0.4) is 0 Å².